The highest BCUT2D eigenvalue weighted by Crippen LogP contribution is 2.23. The van der Waals surface area contributed by atoms with Crippen molar-refractivity contribution < 1.29 is 14.4 Å². The molecule has 1 aromatic carbocycles. The maximum Gasteiger partial charge on any atom is 0.367 e. The maximum absolute atomic E-state index is 11.5. The lowest BCUT2D eigenvalue weighted by Crippen LogP contribution is -2.03. The monoisotopic (exact) mass is 245 g/mol. The van der Waals surface area contributed by atoms with Crippen LogP contribution in [0.2, 0.25) is 0 Å². The summed E-state index contributed by atoms with van der Waals surface area (Å²) in [6.45, 7) is 4.44. The van der Waals surface area contributed by atoms with Gasteiger partial charge in [-0.3, -0.25) is 0 Å². The molecule has 0 saturated carbocycles. The van der Waals surface area contributed by atoms with Crippen LogP contribution in [0.25, 0.3) is 6.08 Å². The lowest BCUT2D eigenvalue weighted by atomic mass is 10.1. The van der Waals surface area contributed by atoms with E-state index in [1.807, 2.05) is 31.2 Å². The zero-order chi connectivity index (χ0) is 13.0. The van der Waals surface area contributed by atoms with Crippen LogP contribution < -0.4 is 4.74 Å². The molecule has 1 aromatic rings. The van der Waals surface area contributed by atoms with E-state index < -0.39 is 5.97 Å². The molecule has 0 N–H and O–H groups in total. The molecule has 94 valence electrons. The van der Waals surface area contributed by atoms with Gasteiger partial charge in [-0.05, 0) is 25.5 Å². The number of carbonyl (C=O) groups excluding carboxylic acids is 1. The van der Waals surface area contributed by atoms with E-state index >= 15 is 0 Å². The number of benzene rings is 1. The van der Waals surface area contributed by atoms with E-state index in [9.17, 15) is 4.79 Å². The first-order valence-corrected chi connectivity index (χ1v) is 5.92. The van der Waals surface area contributed by atoms with Gasteiger partial charge in [-0.1, -0.05) is 30.3 Å². The summed E-state index contributed by atoms with van der Waals surface area (Å²) in [5.41, 5.74) is 1.92. The minimum atomic E-state index is -0.419. The Morgan fingerprint density at radius 3 is 2.83 bits per heavy atom. The lowest BCUT2D eigenvalue weighted by molar-refractivity contribution is -0.136. The van der Waals surface area contributed by atoms with Gasteiger partial charge in [0.1, 0.15) is 5.75 Å². The summed E-state index contributed by atoms with van der Waals surface area (Å²) in [4.78, 5) is 16.1. The first kappa shape index (κ1) is 12.4. The number of ether oxygens (including phenoxy) is 1. The fourth-order valence-corrected chi connectivity index (χ4v) is 1.62. The van der Waals surface area contributed by atoms with Gasteiger partial charge in [0.05, 0.1) is 17.9 Å². The summed E-state index contributed by atoms with van der Waals surface area (Å²) in [5.74, 6) is 0.345. The highest BCUT2D eigenvalue weighted by molar-refractivity contribution is 6.24. The van der Waals surface area contributed by atoms with Crippen molar-refractivity contribution in [2.45, 2.75) is 20.3 Å². The topological polar surface area (TPSA) is 47.9 Å². The SMILES string of the molecule is CCCOc1ccccc1/C=C1\C(=O)ON=C1C. The standard InChI is InChI=1S/C14H15NO3/c1-3-8-17-13-7-5-4-6-11(13)9-12-10(2)15-18-14(12)16/h4-7,9H,3,8H2,1-2H3/b12-9-. The molecule has 1 heterocycles. The van der Waals surface area contributed by atoms with Crippen LogP contribution in [0.3, 0.4) is 0 Å². The second kappa shape index (κ2) is 5.49. The minimum Gasteiger partial charge on any atom is -0.493 e. The molecule has 0 fully saturated rings. The third-order valence-corrected chi connectivity index (χ3v) is 2.56. The Bertz CT molecular complexity index is 518. The van der Waals surface area contributed by atoms with Gasteiger partial charge in [0.2, 0.25) is 0 Å². The first-order valence-electron chi connectivity index (χ1n) is 5.92. The van der Waals surface area contributed by atoms with Crippen LogP contribution in [-0.2, 0) is 9.63 Å². The molecular formula is C14H15NO3. The molecule has 4 heteroatoms. The van der Waals surface area contributed by atoms with Gasteiger partial charge >= 0.3 is 5.97 Å². The normalized spacial score (nSPS) is 16.7. The quantitative estimate of drug-likeness (QED) is 0.605. The molecule has 0 saturated heterocycles. The molecule has 0 aromatic heterocycles. The molecule has 2 rings (SSSR count). The van der Waals surface area contributed by atoms with Gasteiger partial charge in [-0.25, -0.2) is 4.79 Å². The molecule has 4 nitrogen and oxygen atoms in total. The van der Waals surface area contributed by atoms with Crippen LogP contribution >= 0.6 is 0 Å². The van der Waals surface area contributed by atoms with Crippen LogP contribution in [0.4, 0.5) is 0 Å². The average molecular weight is 245 g/mol. The molecule has 0 aliphatic carbocycles. The van der Waals surface area contributed by atoms with Crippen molar-refractivity contribution in [1.29, 1.82) is 0 Å². The summed E-state index contributed by atoms with van der Waals surface area (Å²) in [6, 6.07) is 7.59. The van der Waals surface area contributed by atoms with E-state index in [1.165, 1.54) is 0 Å². The lowest BCUT2D eigenvalue weighted by Gasteiger charge is -2.08. The molecule has 1 aliphatic rings. The molecule has 18 heavy (non-hydrogen) atoms. The molecular weight excluding hydrogens is 230 g/mol. The Hall–Kier alpha value is -2.10. The number of oxime groups is 1. The number of hydrogen-bond donors (Lipinski definition) is 0. The van der Waals surface area contributed by atoms with Crippen molar-refractivity contribution in [1.82, 2.24) is 0 Å². The van der Waals surface area contributed by atoms with E-state index in [1.54, 1.807) is 13.0 Å². The van der Waals surface area contributed by atoms with Crippen LogP contribution in [0, 0.1) is 0 Å². The van der Waals surface area contributed by atoms with Gasteiger partial charge < -0.3 is 9.57 Å². The fourth-order valence-electron chi connectivity index (χ4n) is 1.62. The van der Waals surface area contributed by atoms with Crippen LogP contribution in [0.1, 0.15) is 25.8 Å². The van der Waals surface area contributed by atoms with Crippen molar-refractivity contribution in [3.8, 4) is 5.75 Å². The largest absolute Gasteiger partial charge is 0.493 e. The Morgan fingerprint density at radius 2 is 2.17 bits per heavy atom. The van der Waals surface area contributed by atoms with E-state index in [-0.39, 0.29) is 0 Å². The van der Waals surface area contributed by atoms with E-state index in [0.29, 0.717) is 17.9 Å². The second-order valence-electron chi connectivity index (χ2n) is 4.00. The molecule has 0 unspecified atom stereocenters. The smallest absolute Gasteiger partial charge is 0.367 e. The summed E-state index contributed by atoms with van der Waals surface area (Å²) >= 11 is 0. The maximum atomic E-state index is 11.5. The van der Waals surface area contributed by atoms with Gasteiger partial charge in [-0.15, -0.1) is 0 Å². The van der Waals surface area contributed by atoms with Crippen molar-refractivity contribution in [2.24, 2.45) is 5.16 Å². The number of rotatable bonds is 4. The van der Waals surface area contributed by atoms with Gasteiger partial charge in [0.25, 0.3) is 0 Å². The van der Waals surface area contributed by atoms with Crippen molar-refractivity contribution in [2.75, 3.05) is 6.61 Å². The highest BCUT2D eigenvalue weighted by atomic mass is 16.7. The Labute approximate surface area is 106 Å². The van der Waals surface area contributed by atoms with Gasteiger partial charge in [-0.2, -0.15) is 0 Å². The molecule has 0 amide bonds. The van der Waals surface area contributed by atoms with E-state index in [0.717, 1.165) is 17.7 Å². The summed E-state index contributed by atoms with van der Waals surface area (Å²) in [6.07, 6.45) is 2.69. The second-order valence-corrected chi connectivity index (χ2v) is 4.00. The van der Waals surface area contributed by atoms with Crippen LogP contribution in [0.15, 0.2) is 35.0 Å². The molecule has 0 atom stereocenters. The van der Waals surface area contributed by atoms with Crippen molar-refractivity contribution >= 4 is 17.8 Å². The number of nitrogens with zero attached hydrogens (tertiary/aromatic N) is 1. The number of carbonyl (C=O) groups is 1. The molecule has 1 aliphatic heterocycles. The van der Waals surface area contributed by atoms with Gasteiger partial charge in [0.15, 0.2) is 0 Å². The zero-order valence-corrected chi connectivity index (χ0v) is 10.5. The van der Waals surface area contributed by atoms with E-state index in [4.69, 9.17) is 4.74 Å². The number of hydrogen-bond acceptors (Lipinski definition) is 4. The molecule has 0 spiro atoms. The van der Waals surface area contributed by atoms with Crippen LogP contribution in [0.5, 0.6) is 5.75 Å². The average Bonchev–Trinajstić information content (AvgIpc) is 2.69. The number of para-hydroxylation sites is 1. The summed E-state index contributed by atoms with van der Waals surface area (Å²) in [7, 11) is 0. The Balaban J connectivity index is 2.31. The Kier molecular flexibility index (Phi) is 3.77. The Morgan fingerprint density at radius 1 is 1.39 bits per heavy atom. The predicted octanol–water partition coefficient (Wildman–Crippen LogP) is 2.79. The van der Waals surface area contributed by atoms with Crippen molar-refractivity contribution in [3.05, 3.63) is 35.4 Å². The minimum absolute atomic E-state index is 0.419. The van der Waals surface area contributed by atoms with E-state index in [2.05, 4.69) is 9.99 Å². The van der Waals surface area contributed by atoms with Gasteiger partial charge in [0, 0.05) is 5.56 Å². The first-order chi connectivity index (χ1) is 8.72. The van der Waals surface area contributed by atoms with Crippen molar-refractivity contribution in [3.63, 3.8) is 0 Å². The predicted molar refractivity (Wildman–Crippen MR) is 69.4 cm³/mol. The van der Waals surface area contributed by atoms with Crippen LogP contribution in [-0.4, -0.2) is 18.3 Å². The molecule has 0 radical (unpaired) electrons. The highest BCUT2D eigenvalue weighted by Gasteiger charge is 2.22. The third kappa shape index (κ3) is 2.59. The fraction of sp³-hybridized carbons (Fsp3) is 0.286. The molecule has 0 bridgehead atoms. The zero-order valence-electron chi connectivity index (χ0n) is 10.5. The third-order valence-electron chi connectivity index (χ3n) is 2.56. The summed E-state index contributed by atoms with van der Waals surface area (Å²) in [5, 5.41) is 3.64. The summed E-state index contributed by atoms with van der Waals surface area (Å²) < 4.78 is 5.63.